The highest BCUT2D eigenvalue weighted by atomic mass is 32.3. The largest absolute Gasteiger partial charge is 0.759 e. The minimum Gasteiger partial charge on any atom is -0.759 e. The first kappa shape index (κ1) is 32.5. The molecule has 0 unspecified atom stereocenters. The van der Waals surface area contributed by atoms with Gasteiger partial charge in [-0.15, -0.1) is 0 Å². The van der Waals surface area contributed by atoms with Gasteiger partial charge in [0.2, 0.25) is 0 Å². The van der Waals surface area contributed by atoms with E-state index in [1.165, 1.54) is 77.0 Å². The van der Waals surface area contributed by atoms with Gasteiger partial charge in [0, 0.05) is 23.2 Å². The Morgan fingerprint density at radius 3 is 1.03 bits per heavy atom. The first-order chi connectivity index (χ1) is 13.5. The molecule has 0 radical (unpaired) electrons. The molecular weight excluding hydrogens is 392 g/mol. The molecule has 0 saturated heterocycles. The van der Waals surface area contributed by atoms with Crippen molar-refractivity contribution < 1.29 is 17.5 Å². The summed E-state index contributed by atoms with van der Waals surface area (Å²) in [5, 5.41) is 14.0. The minimum absolute atomic E-state index is 0.337. The summed E-state index contributed by atoms with van der Waals surface area (Å²) in [6.45, 7) is 4.46. The molecule has 0 aromatic carbocycles. The molecule has 0 aliphatic heterocycles. The van der Waals surface area contributed by atoms with E-state index in [1.54, 1.807) is 0 Å². The quantitative estimate of drug-likeness (QED) is 0.0887. The summed E-state index contributed by atoms with van der Waals surface area (Å²) in [7, 11) is -5.17. The Morgan fingerprint density at radius 1 is 0.621 bits per heavy atom. The Balaban J connectivity index is -0.000000380. The van der Waals surface area contributed by atoms with Crippen molar-refractivity contribution in [3.05, 3.63) is 0 Å². The number of hydrogen-bond acceptors (Lipinski definition) is 6. The van der Waals surface area contributed by atoms with E-state index >= 15 is 0 Å². The average Bonchev–Trinajstić information content (AvgIpc) is 2.59. The maximum absolute atomic E-state index is 8.52. The molecule has 9 heteroatoms. The van der Waals surface area contributed by atoms with Crippen LogP contribution in [0.25, 0.3) is 0 Å². The van der Waals surface area contributed by atoms with Crippen LogP contribution < -0.4 is 11.5 Å². The molecule has 8 nitrogen and oxygen atoms in total. The molecular formula is C20H44N4O4S-2. The molecule has 0 fully saturated rings. The van der Waals surface area contributed by atoms with Crippen LogP contribution in [-0.4, -0.2) is 29.2 Å². The smallest absolute Gasteiger partial charge is 0.0905 e. The fraction of sp³-hybridized carbons (Fsp3) is 0.900. The molecule has 6 N–H and O–H groups in total. The second-order valence-electron chi connectivity index (χ2n) is 7.20. The molecule has 29 heavy (non-hydrogen) atoms. The van der Waals surface area contributed by atoms with E-state index in [-0.39, 0.29) is 0 Å². The molecule has 0 aliphatic rings. The first-order valence-corrected chi connectivity index (χ1v) is 12.2. The topological polar surface area (TPSA) is 180 Å². The van der Waals surface area contributed by atoms with Crippen LogP contribution in [0, 0.1) is 10.8 Å². The van der Waals surface area contributed by atoms with E-state index in [9.17, 15) is 0 Å². The van der Waals surface area contributed by atoms with Crippen molar-refractivity contribution in [2.45, 2.75) is 117 Å². The summed E-state index contributed by atoms with van der Waals surface area (Å²) >= 11 is 0. The fourth-order valence-electron chi connectivity index (χ4n) is 2.55. The lowest BCUT2D eigenvalue weighted by Crippen LogP contribution is -2.08. The van der Waals surface area contributed by atoms with Gasteiger partial charge >= 0.3 is 0 Å². The predicted octanol–water partition coefficient (Wildman–Crippen LogP) is 4.79. The van der Waals surface area contributed by atoms with Crippen molar-refractivity contribution >= 4 is 22.1 Å². The lowest BCUT2D eigenvalue weighted by atomic mass is 10.1. The third-order valence-corrected chi connectivity index (χ3v) is 4.10. The minimum atomic E-state index is -5.17. The highest BCUT2D eigenvalue weighted by Crippen LogP contribution is 2.08. The Hall–Kier alpha value is -1.19. The highest BCUT2D eigenvalue weighted by molar-refractivity contribution is 7.79. The maximum atomic E-state index is 8.52. The number of nitrogens with one attached hydrogen (secondary N) is 2. The zero-order valence-electron chi connectivity index (χ0n) is 18.5. The van der Waals surface area contributed by atoms with Crippen molar-refractivity contribution in [2.24, 2.45) is 11.5 Å². The maximum Gasteiger partial charge on any atom is 0.0905 e. The zero-order chi connectivity index (χ0) is 23.0. The van der Waals surface area contributed by atoms with Gasteiger partial charge < -0.3 is 20.6 Å². The van der Waals surface area contributed by atoms with Gasteiger partial charge in [0.1, 0.15) is 0 Å². The van der Waals surface area contributed by atoms with Crippen LogP contribution >= 0.6 is 0 Å². The van der Waals surface area contributed by atoms with Crippen molar-refractivity contribution in [2.75, 3.05) is 0 Å². The van der Waals surface area contributed by atoms with E-state index in [4.69, 9.17) is 39.8 Å². The number of amidine groups is 2. The van der Waals surface area contributed by atoms with Gasteiger partial charge in [-0.2, -0.15) is 0 Å². The molecule has 0 aliphatic carbocycles. The van der Waals surface area contributed by atoms with Crippen LogP contribution in [0.3, 0.4) is 0 Å². The SMILES string of the molecule is CCCCCCCCCC(=N)N.CCCCCCCCCC(=N)N.O=S(=O)([O-])[O-]. The van der Waals surface area contributed by atoms with E-state index in [2.05, 4.69) is 13.8 Å². The fourth-order valence-corrected chi connectivity index (χ4v) is 2.55. The van der Waals surface area contributed by atoms with E-state index in [1.807, 2.05) is 0 Å². The van der Waals surface area contributed by atoms with Gasteiger partial charge in [-0.25, -0.2) is 0 Å². The lowest BCUT2D eigenvalue weighted by molar-refractivity contribution is 0.352. The third kappa shape index (κ3) is 58.4. The van der Waals surface area contributed by atoms with Crippen LogP contribution in [-0.2, 0) is 10.4 Å². The van der Waals surface area contributed by atoms with Crippen LogP contribution in [0.2, 0.25) is 0 Å². The summed E-state index contributed by atoms with van der Waals surface area (Å²) in [5.74, 6) is 0.673. The molecule has 0 heterocycles. The van der Waals surface area contributed by atoms with Gasteiger partial charge in [-0.3, -0.25) is 19.2 Å². The van der Waals surface area contributed by atoms with Crippen LogP contribution in [0.4, 0.5) is 0 Å². The molecule has 0 aromatic rings. The van der Waals surface area contributed by atoms with Crippen molar-refractivity contribution in [1.82, 2.24) is 0 Å². The van der Waals surface area contributed by atoms with E-state index < -0.39 is 10.4 Å². The van der Waals surface area contributed by atoms with Gasteiger partial charge in [0.15, 0.2) is 0 Å². The van der Waals surface area contributed by atoms with E-state index in [0.717, 1.165) is 25.7 Å². The molecule has 0 aromatic heterocycles. The van der Waals surface area contributed by atoms with Crippen molar-refractivity contribution in [3.63, 3.8) is 0 Å². The molecule has 0 amide bonds. The van der Waals surface area contributed by atoms with Gasteiger partial charge in [0.25, 0.3) is 0 Å². The Labute approximate surface area is 178 Å². The van der Waals surface area contributed by atoms with E-state index in [0.29, 0.717) is 11.7 Å². The first-order valence-electron chi connectivity index (χ1n) is 10.9. The van der Waals surface area contributed by atoms with Crippen LogP contribution in [0.15, 0.2) is 0 Å². The number of nitrogens with two attached hydrogens (primary N) is 2. The molecule has 0 spiro atoms. The van der Waals surface area contributed by atoms with Crippen LogP contribution in [0.1, 0.15) is 117 Å². The summed E-state index contributed by atoms with van der Waals surface area (Å²) in [6, 6.07) is 0. The lowest BCUT2D eigenvalue weighted by Gasteiger charge is -2.06. The molecule has 0 bridgehead atoms. The van der Waals surface area contributed by atoms with Gasteiger partial charge in [-0.1, -0.05) is 90.9 Å². The third-order valence-electron chi connectivity index (χ3n) is 4.10. The van der Waals surface area contributed by atoms with Gasteiger partial charge in [-0.05, 0) is 12.8 Å². The highest BCUT2D eigenvalue weighted by Gasteiger charge is 1.92. The normalized spacial score (nSPS) is 10.3. The standard InChI is InChI=1S/2C10H22N2.H2O4S/c2*1-2-3-4-5-6-7-8-9-10(11)12;1-5(2,3)4/h2*2-9H2,1H3,(H3,11,12);(H2,1,2,3,4)/p-2. The summed E-state index contributed by atoms with van der Waals surface area (Å²) in [5.41, 5.74) is 10.5. The molecule has 0 rings (SSSR count). The molecule has 0 atom stereocenters. The number of rotatable bonds is 16. The zero-order valence-corrected chi connectivity index (χ0v) is 19.3. The Morgan fingerprint density at radius 2 is 0.828 bits per heavy atom. The summed E-state index contributed by atoms with van der Waals surface area (Å²) < 4.78 is 34.1. The molecule has 176 valence electrons. The Kier molecular flexibility index (Phi) is 27.8. The number of unbranched alkanes of at least 4 members (excludes halogenated alkanes) is 12. The van der Waals surface area contributed by atoms with Crippen molar-refractivity contribution in [1.29, 1.82) is 10.8 Å². The monoisotopic (exact) mass is 436 g/mol. The number of hydrogen-bond donors (Lipinski definition) is 4. The van der Waals surface area contributed by atoms with Gasteiger partial charge in [0.05, 0.1) is 11.7 Å². The summed E-state index contributed by atoms with van der Waals surface area (Å²) in [6.07, 6.45) is 19.7. The second-order valence-corrected chi connectivity index (χ2v) is 8.02. The average molecular weight is 437 g/mol. The summed E-state index contributed by atoms with van der Waals surface area (Å²) in [4.78, 5) is 0. The Bertz CT molecular complexity index is 435. The van der Waals surface area contributed by atoms with Crippen LogP contribution in [0.5, 0.6) is 0 Å². The van der Waals surface area contributed by atoms with Crippen molar-refractivity contribution in [3.8, 4) is 0 Å². The molecule has 0 saturated carbocycles. The predicted molar refractivity (Wildman–Crippen MR) is 120 cm³/mol. The second kappa shape index (κ2) is 24.8.